The molecule has 0 aliphatic rings. The first kappa shape index (κ1) is 17.6. The van der Waals surface area contributed by atoms with Gasteiger partial charge in [-0.3, -0.25) is 0 Å². The molecule has 0 saturated carbocycles. The van der Waals surface area contributed by atoms with Crippen LogP contribution >= 0.6 is 11.3 Å². The second-order valence-corrected chi connectivity index (χ2v) is 8.85. The zero-order valence-corrected chi connectivity index (χ0v) is 14.5. The van der Waals surface area contributed by atoms with Crippen molar-refractivity contribution in [3.05, 3.63) is 17.0 Å². The Morgan fingerprint density at radius 1 is 1.35 bits per heavy atom. The standard InChI is InChI=1S/C14H26N2O2S2/c1-5-9-15-11-13-6-7-14(19-13)20(17,18)16(4)10-8-12(2)3/h6-7,12,15H,5,8-11H2,1-4H3. The zero-order valence-electron chi connectivity index (χ0n) is 12.8. The molecule has 0 aromatic carbocycles. The number of hydrogen-bond donors (Lipinski definition) is 1. The lowest BCUT2D eigenvalue weighted by Gasteiger charge is -2.17. The van der Waals surface area contributed by atoms with E-state index in [1.807, 2.05) is 6.07 Å². The number of thiophene rings is 1. The fraction of sp³-hybridized carbons (Fsp3) is 0.714. The topological polar surface area (TPSA) is 49.4 Å². The summed E-state index contributed by atoms with van der Waals surface area (Å²) in [7, 11) is -1.66. The van der Waals surface area contributed by atoms with Gasteiger partial charge in [0.15, 0.2) is 0 Å². The smallest absolute Gasteiger partial charge is 0.252 e. The normalized spacial score (nSPS) is 12.5. The molecule has 1 N–H and O–H groups in total. The van der Waals surface area contributed by atoms with E-state index >= 15 is 0 Å². The third kappa shape index (κ3) is 5.16. The van der Waals surface area contributed by atoms with Crippen molar-refractivity contribution in [1.29, 1.82) is 0 Å². The lowest BCUT2D eigenvalue weighted by Crippen LogP contribution is -2.28. The van der Waals surface area contributed by atoms with Crippen molar-refractivity contribution in [2.45, 2.75) is 44.4 Å². The van der Waals surface area contributed by atoms with E-state index in [1.54, 1.807) is 13.1 Å². The van der Waals surface area contributed by atoms with Crippen LogP contribution in [0.2, 0.25) is 0 Å². The Morgan fingerprint density at radius 3 is 2.65 bits per heavy atom. The first-order chi connectivity index (χ1) is 9.37. The second-order valence-electron chi connectivity index (χ2n) is 5.41. The molecule has 1 aromatic heterocycles. The molecule has 1 heterocycles. The number of nitrogens with one attached hydrogen (secondary N) is 1. The van der Waals surface area contributed by atoms with Crippen LogP contribution in [0.3, 0.4) is 0 Å². The minimum Gasteiger partial charge on any atom is -0.312 e. The lowest BCUT2D eigenvalue weighted by molar-refractivity contribution is 0.429. The Balaban J connectivity index is 2.67. The van der Waals surface area contributed by atoms with Gasteiger partial charge in [-0.15, -0.1) is 11.3 Å². The average molecular weight is 319 g/mol. The van der Waals surface area contributed by atoms with Crippen LogP contribution in [0, 0.1) is 5.92 Å². The van der Waals surface area contributed by atoms with E-state index in [-0.39, 0.29) is 0 Å². The largest absolute Gasteiger partial charge is 0.312 e. The van der Waals surface area contributed by atoms with Crippen LogP contribution in [0.25, 0.3) is 0 Å². The SMILES string of the molecule is CCCNCc1ccc(S(=O)(=O)N(C)CCC(C)C)s1. The number of sulfonamides is 1. The van der Waals surface area contributed by atoms with Crippen molar-refractivity contribution in [3.8, 4) is 0 Å². The first-order valence-corrected chi connectivity index (χ1v) is 9.39. The molecule has 4 nitrogen and oxygen atoms in total. The van der Waals surface area contributed by atoms with Crippen LogP contribution < -0.4 is 5.32 Å². The number of hydrogen-bond acceptors (Lipinski definition) is 4. The quantitative estimate of drug-likeness (QED) is 0.712. The molecule has 0 aliphatic heterocycles. The molecule has 0 unspecified atom stereocenters. The molecule has 0 aliphatic carbocycles. The molecule has 20 heavy (non-hydrogen) atoms. The van der Waals surface area contributed by atoms with Gasteiger partial charge in [0.25, 0.3) is 10.0 Å². The molecule has 0 bridgehead atoms. The van der Waals surface area contributed by atoms with Crippen LogP contribution in [0.4, 0.5) is 0 Å². The molecule has 0 spiro atoms. The van der Waals surface area contributed by atoms with Crippen molar-refractivity contribution in [2.24, 2.45) is 5.92 Å². The van der Waals surface area contributed by atoms with Crippen LogP contribution in [-0.2, 0) is 16.6 Å². The molecule has 0 saturated heterocycles. The first-order valence-electron chi connectivity index (χ1n) is 7.13. The Morgan fingerprint density at radius 2 is 2.05 bits per heavy atom. The minimum atomic E-state index is -3.32. The summed E-state index contributed by atoms with van der Waals surface area (Å²) in [5.41, 5.74) is 0. The summed E-state index contributed by atoms with van der Waals surface area (Å²) in [4.78, 5) is 1.06. The van der Waals surface area contributed by atoms with Gasteiger partial charge in [-0.05, 0) is 37.4 Å². The maximum Gasteiger partial charge on any atom is 0.252 e. The monoisotopic (exact) mass is 318 g/mol. The summed E-state index contributed by atoms with van der Waals surface area (Å²) < 4.78 is 26.7. The van der Waals surface area contributed by atoms with E-state index in [1.165, 1.54) is 15.6 Å². The highest BCUT2D eigenvalue weighted by atomic mass is 32.2. The molecular formula is C14H26N2O2S2. The van der Waals surface area contributed by atoms with Gasteiger partial charge in [-0.25, -0.2) is 12.7 Å². The Kier molecular flexibility index (Phi) is 7.15. The number of nitrogens with zero attached hydrogens (tertiary/aromatic N) is 1. The van der Waals surface area contributed by atoms with Gasteiger partial charge in [-0.2, -0.15) is 0 Å². The van der Waals surface area contributed by atoms with Crippen LogP contribution in [0.5, 0.6) is 0 Å². The Bertz CT molecular complexity index is 495. The van der Waals surface area contributed by atoms with Crippen LogP contribution in [0.1, 0.15) is 38.5 Å². The van der Waals surface area contributed by atoms with Gasteiger partial charge in [0.05, 0.1) is 0 Å². The molecule has 1 aromatic rings. The second kappa shape index (κ2) is 8.12. The van der Waals surface area contributed by atoms with Crippen molar-refractivity contribution in [3.63, 3.8) is 0 Å². The Labute approximate surface area is 127 Å². The van der Waals surface area contributed by atoms with Crippen LogP contribution in [-0.4, -0.2) is 32.9 Å². The predicted octanol–water partition coefficient (Wildman–Crippen LogP) is 2.91. The molecule has 6 heteroatoms. The molecular weight excluding hydrogens is 292 g/mol. The van der Waals surface area contributed by atoms with Crippen LogP contribution in [0.15, 0.2) is 16.3 Å². The zero-order chi connectivity index (χ0) is 15.2. The van der Waals surface area contributed by atoms with Gasteiger partial charge >= 0.3 is 0 Å². The molecule has 116 valence electrons. The van der Waals surface area contributed by atoms with Gasteiger partial charge in [0.2, 0.25) is 0 Å². The predicted molar refractivity (Wildman–Crippen MR) is 85.6 cm³/mol. The van der Waals surface area contributed by atoms with Crippen molar-refractivity contribution in [1.82, 2.24) is 9.62 Å². The molecule has 1 rings (SSSR count). The van der Waals surface area contributed by atoms with Gasteiger partial charge in [0.1, 0.15) is 4.21 Å². The molecule has 0 fully saturated rings. The molecule has 0 atom stereocenters. The maximum atomic E-state index is 12.4. The third-order valence-electron chi connectivity index (χ3n) is 3.05. The third-order valence-corrected chi connectivity index (χ3v) is 6.46. The summed E-state index contributed by atoms with van der Waals surface area (Å²) in [6.45, 7) is 8.58. The maximum absolute atomic E-state index is 12.4. The summed E-state index contributed by atoms with van der Waals surface area (Å²) >= 11 is 1.36. The molecule has 0 radical (unpaired) electrons. The lowest BCUT2D eigenvalue weighted by atomic mass is 10.1. The fourth-order valence-electron chi connectivity index (χ4n) is 1.69. The van der Waals surface area contributed by atoms with E-state index in [9.17, 15) is 8.42 Å². The van der Waals surface area contributed by atoms with Crippen molar-refractivity contribution >= 4 is 21.4 Å². The van der Waals surface area contributed by atoms with E-state index < -0.39 is 10.0 Å². The van der Waals surface area contributed by atoms with E-state index in [0.29, 0.717) is 16.7 Å². The summed E-state index contributed by atoms with van der Waals surface area (Å²) in [5.74, 6) is 0.504. The summed E-state index contributed by atoms with van der Waals surface area (Å²) in [6.07, 6.45) is 1.96. The fourth-order valence-corrected chi connectivity index (χ4v) is 4.42. The van der Waals surface area contributed by atoms with Crippen molar-refractivity contribution < 1.29 is 8.42 Å². The highest BCUT2D eigenvalue weighted by Gasteiger charge is 2.22. The number of rotatable bonds is 9. The van der Waals surface area contributed by atoms with E-state index in [4.69, 9.17) is 0 Å². The molecule has 0 amide bonds. The van der Waals surface area contributed by atoms with Gasteiger partial charge in [0, 0.05) is 25.0 Å². The van der Waals surface area contributed by atoms with Crippen molar-refractivity contribution in [2.75, 3.05) is 20.1 Å². The van der Waals surface area contributed by atoms with E-state index in [2.05, 4.69) is 26.1 Å². The van der Waals surface area contributed by atoms with Gasteiger partial charge in [-0.1, -0.05) is 20.8 Å². The highest BCUT2D eigenvalue weighted by molar-refractivity contribution is 7.91. The summed E-state index contributed by atoms with van der Waals surface area (Å²) in [6, 6.07) is 3.62. The van der Waals surface area contributed by atoms with Gasteiger partial charge < -0.3 is 5.32 Å². The Hall–Kier alpha value is -0.430. The van der Waals surface area contributed by atoms with E-state index in [0.717, 1.165) is 30.8 Å². The highest BCUT2D eigenvalue weighted by Crippen LogP contribution is 2.24. The minimum absolute atomic E-state index is 0.442. The summed E-state index contributed by atoms with van der Waals surface area (Å²) in [5, 5.41) is 3.29. The average Bonchev–Trinajstić information content (AvgIpc) is 2.85.